The number of nitrogens with zero attached hydrogens (tertiary/aromatic N) is 2. The largest absolute Gasteiger partial charge is 0.479 e. The van der Waals surface area contributed by atoms with E-state index in [2.05, 4.69) is 21.3 Å². The van der Waals surface area contributed by atoms with E-state index in [4.69, 9.17) is 4.74 Å². The highest BCUT2D eigenvalue weighted by molar-refractivity contribution is 5.75. The van der Waals surface area contributed by atoms with Crippen LogP contribution in [0.4, 0.5) is 5.69 Å². The second-order valence-corrected chi connectivity index (χ2v) is 3.36. The molecule has 2 heterocycles. The van der Waals surface area contributed by atoms with Gasteiger partial charge in [-0.1, -0.05) is 0 Å². The van der Waals surface area contributed by atoms with Crippen molar-refractivity contribution in [2.75, 3.05) is 19.5 Å². The number of hydrazine groups is 2. The Morgan fingerprint density at radius 1 is 1.53 bits per heavy atom. The molecule has 7 heteroatoms. The quantitative estimate of drug-likeness (QED) is 0.633. The first-order valence-corrected chi connectivity index (χ1v) is 4.97. The first kappa shape index (κ1) is 11.2. The van der Waals surface area contributed by atoms with Crippen LogP contribution in [0.5, 0.6) is 5.88 Å². The first-order valence-electron chi connectivity index (χ1n) is 4.97. The van der Waals surface area contributed by atoms with E-state index in [1.165, 1.54) is 7.11 Å². The number of pyridine rings is 1. The van der Waals surface area contributed by atoms with Gasteiger partial charge in [-0.05, 0) is 12.1 Å². The highest BCUT2D eigenvalue weighted by Gasteiger charge is 2.15. The number of rotatable bonds is 4. The Kier molecular flexibility index (Phi) is 3.10. The van der Waals surface area contributed by atoms with Gasteiger partial charge in [-0.3, -0.25) is 9.80 Å². The van der Waals surface area contributed by atoms with Crippen molar-refractivity contribution >= 4 is 17.8 Å². The van der Waals surface area contributed by atoms with Crippen LogP contribution in [-0.4, -0.2) is 30.6 Å². The maximum Gasteiger partial charge on any atom is 0.238 e. The lowest BCUT2D eigenvalue weighted by Gasteiger charge is -2.15. The van der Waals surface area contributed by atoms with Crippen molar-refractivity contribution in [1.82, 2.24) is 21.0 Å². The molecule has 1 aromatic heterocycles. The summed E-state index contributed by atoms with van der Waals surface area (Å²) < 4.78 is 5.11. The molecule has 0 saturated carbocycles. The van der Waals surface area contributed by atoms with E-state index in [-0.39, 0.29) is 0 Å². The Morgan fingerprint density at radius 3 is 2.94 bits per heavy atom. The summed E-state index contributed by atoms with van der Waals surface area (Å²) in [6.45, 7) is 0. The number of hydrogen-bond donors (Lipinski definition) is 3. The molecule has 17 heavy (non-hydrogen) atoms. The lowest BCUT2D eigenvalue weighted by molar-refractivity contribution is -0.105. The fraction of sp³-hybridized carbons (Fsp3) is 0.200. The van der Waals surface area contributed by atoms with Gasteiger partial charge in [0, 0.05) is 13.2 Å². The lowest BCUT2D eigenvalue weighted by atomic mass is 10.2. The number of carbonyl (C=O) groups excluding carboxylic acids is 1. The van der Waals surface area contributed by atoms with Crippen molar-refractivity contribution in [1.29, 1.82) is 0 Å². The van der Waals surface area contributed by atoms with Gasteiger partial charge in [0.1, 0.15) is 5.69 Å². The van der Waals surface area contributed by atoms with Crippen LogP contribution in [0.3, 0.4) is 0 Å². The summed E-state index contributed by atoms with van der Waals surface area (Å²) in [4.78, 5) is 14.7. The molecule has 2 rings (SSSR count). The van der Waals surface area contributed by atoms with Gasteiger partial charge >= 0.3 is 0 Å². The number of ether oxygens (including phenoxy) is 1. The average Bonchev–Trinajstić information content (AvgIpc) is 2.76. The van der Waals surface area contributed by atoms with Gasteiger partial charge in [0.05, 0.1) is 18.5 Å². The molecule has 1 aromatic rings. The molecule has 0 spiro atoms. The second kappa shape index (κ2) is 4.71. The van der Waals surface area contributed by atoms with Crippen molar-refractivity contribution in [3.63, 3.8) is 0 Å². The standard InChI is InChI=1S/C10H13N5O2/c1-15-9(5-12-14-15)7-3-4-8(11-6-16)10(13-7)17-2/h3-6,12,14H,1-2H3,(H,11,16). The van der Waals surface area contributed by atoms with Crippen LogP contribution in [0.1, 0.15) is 5.69 Å². The number of carbonyl (C=O) groups is 1. The third kappa shape index (κ3) is 2.13. The molecule has 0 aromatic carbocycles. The van der Waals surface area contributed by atoms with Crippen LogP contribution >= 0.6 is 0 Å². The van der Waals surface area contributed by atoms with Crippen LogP contribution in [0, 0.1) is 0 Å². The van der Waals surface area contributed by atoms with Crippen molar-refractivity contribution in [3.8, 4) is 5.88 Å². The summed E-state index contributed by atoms with van der Waals surface area (Å²) in [5, 5.41) is 4.31. The van der Waals surface area contributed by atoms with Gasteiger partial charge < -0.3 is 15.5 Å². The molecule has 1 amide bonds. The van der Waals surface area contributed by atoms with E-state index < -0.39 is 0 Å². The van der Waals surface area contributed by atoms with E-state index in [0.29, 0.717) is 18.0 Å². The summed E-state index contributed by atoms with van der Waals surface area (Å²) in [5.74, 6) is 0.371. The third-order valence-corrected chi connectivity index (χ3v) is 2.33. The number of nitrogens with one attached hydrogen (secondary N) is 3. The van der Waals surface area contributed by atoms with Crippen LogP contribution in [0.2, 0.25) is 0 Å². The topological polar surface area (TPSA) is 78.5 Å². The van der Waals surface area contributed by atoms with Crippen LogP contribution in [0.25, 0.3) is 5.70 Å². The smallest absolute Gasteiger partial charge is 0.238 e. The Labute approximate surface area is 98.4 Å². The summed E-state index contributed by atoms with van der Waals surface area (Å²) in [6.07, 6.45) is 2.37. The fourth-order valence-corrected chi connectivity index (χ4v) is 1.51. The first-order chi connectivity index (χ1) is 8.26. The molecule has 90 valence electrons. The minimum atomic E-state index is 0.371. The van der Waals surface area contributed by atoms with Crippen LogP contribution in [0.15, 0.2) is 18.3 Å². The molecule has 1 aliphatic heterocycles. The minimum Gasteiger partial charge on any atom is -0.479 e. The van der Waals surface area contributed by atoms with Gasteiger partial charge in [-0.25, -0.2) is 4.98 Å². The monoisotopic (exact) mass is 235 g/mol. The Bertz CT molecular complexity index is 460. The molecule has 1 aliphatic rings. The summed E-state index contributed by atoms with van der Waals surface area (Å²) >= 11 is 0. The molecular weight excluding hydrogens is 222 g/mol. The van der Waals surface area contributed by atoms with E-state index in [9.17, 15) is 4.79 Å². The van der Waals surface area contributed by atoms with Crippen molar-refractivity contribution in [3.05, 3.63) is 24.0 Å². The zero-order chi connectivity index (χ0) is 12.3. The Balaban J connectivity index is 2.34. The number of anilines is 1. The molecule has 0 unspecified atom stereocenters. The molecule has 0 fully saturated rings. The third-order valence-electron chi connectivity index (χ3n) is 2.33. The molecule has 0 saturated heterocycles. The Hall–Kier alpha value is -2.28. The molecular formula is C10H13N5O2. The predicted octanol–water partition coefficient (Wildman–Crippen LogP) is -0.0885. The maximum absolute atomic E-state index is 10.4. The van der Waals surface area contributed by atoms with E-state index in [0.717, 1.165) is 11.4 Å². The second-order valence-electron chi connectivity index (χ2n) is 3.36. The molecule has 3 N–H and O–H groups in total. The summed E-state index contributed by atoms with van der Waals surface area (Å²) in [6, 6.07) is 3.54. The molecule has 0 aliphatic carbocycles. The van der Waals surface area contributed by atoms with Gasteiger partial charge in [0.2, 0.25) is 12.3 Å². The zero-order valence-electron chi connectivity index (χ0n) is 9.52. The van der Waals surface area contributed by atoms with Crippen molar-refractivity contribution in [2.45, 2.75) is 0 Å². The fourth-order valence-electron chi connectivity index (χ4n) is 1.51. The normalized spacial score (nSPS) is 14.0. The van der Waals surface area contributed by atoms with E-state index in [1.54, 1.807) is 23.3 Å². The van der Waals surface area contributed by atoms with Crippen molar-refractivity contribution in [2.24, 2.45) is 0 Å². The highest BCUT2D eigenvalue weighted by Crippen LogP contribution is 2.25. The summed E-state index contributed by atoms with van der Waals surface area (Å²) in [7, 11) is 3.36. The van der Waals surface area contributed by atoms with Gasteiger partial charge in [0.25, 0.3) is 0 Å². The van der Waals surface area contributed by atoms with Gasteiger partial charge in [0.15, 0.2) is 0 Å². The van der Waals surface area contributed by atoms with Gasteiger partial charge in [-0.15, -0.1) is 5.53 Å². The number of hydrogen-bond acceptors (Lipinski definition) is 6. The van der Waals surface area contributed by atoms with Gasteiger partial charge in [-0.2, -0.15) is 0 Å². The molecule has 7 nitrogen and oxygen atoms in total. The number of methoxy groups -OCH3 is 1. The molecule has 0 radical (unpaired) electrons. The molecule has 0 atom stereocenters. The molecule has 0 bridgehead atoms. The minimum absolute atomic E-state index is 0.371. The number of amides is 1. The van der Waals surface area contributed by atoms with Crippen molar-refractivity contribution < 1.29 is 9.53 Å². The SMILES string of the molecule is COc1nc(C2=CNNN2C)ccc1NC=O. The maximum atomic E-state index is 10.4. The highest BCUT2D eigenvalue weighted by atomic mass is 16.5. The van der Waals surface area contributed by atoms with E-state index in [1.807, 2.05) is 7.05 Å². The van der Waals surface area contributed by atoms with Crippen LogP contribution in [-0.2, 0) is 4.79 Å². The predicted molar refractivity (Wildman–Crippen MR) is 62.5 cm³/mol. The van der Waals surface area contributed by atoms with E-state index >= 15 is 0 Å². The summed E-state index contributed by atoms with van der Waals surface area (Å²) in [5.41, 5.74) is 7.89. The number of aromatic nitrogens is 1. The Morgan fingerprint density at radius 2 is 2.35 bits per heavy atom. The average molecular weight is 235 g/mol. The zero-order valence-corrected chi connectivity index (χ0v) is 9.52. The van der Waals surface area contributed by atoms with Crippen LogP contribution < -0.4 is 21.0 Å². The lowest BCUT2D eigenvalue weighted by Crippen LogP contribution is -2.33.